The summed E-state index contributed by atoms with van der Waals surface area (Å²) in [5, 5.41) is 5.67. The summed E-state index contributed by atoms with van der Waals surface area (Å²) in [5.74, 6) is 0.332. The average molecular weight is 475 g/mol. The fourth-order valence-corrected chi connectivity index (χ4v) is 3.35. The molecule has 0 fully saturated rings. The molecule has 0 aliphatic heterocycles. The average Bonchev–Trinajstić information content (AvgIpc) is 2.66. The van der Waals surface area contributed by atoms with Gasteiger partial charge in [0.25, 0.3) is 5.91 Å². The molecule has 2 aromatic carbocycles. The number of benzene rings is 2. The van der Waals surface area contributed by atoms with E-state index in [0.717, 1.165) is 23.7 Å². The molecule has 0 radical (unpaired) electrons. The lowest BCUT2D eigenvalue weighted by atomic mass is 9.87. The van der Waals surface area contributed by atoms with Gasteiger partial charge >= 0.3 is 0 Å². The van der Waals surface area contributed by atoms with Gasteiger partial charge < -0.3 is 15.4 Å². The Morgan fingerprint density at radius 3 is 2.23 bits per heavy atom. The number of nitrogens with one attached hydrogen (secondary N) is 2. The van der Waals surface area contributed by atoms with Gasteiger partial charge in [-0.25, -0.2) is 0 Å². The van der Waals surface area contributed by atoms with Crippen molar-refractivity contribution in [3.05, 3.63) is 52.5 Å². The number of carbonyl (C=O) groups excluding carboxylic acids is 2. The number of halogens is 1. The maximum atomic E-state index is 12.3. The Balaban J connectivity index is 1.89. The van der Waals surface area contributed by atoms with E-state index in [1.54, 1.807) is 24.3 Å². The zero-order valence-corrected chi connectivity index (χ0v) is 19.8. The van der Waals surface area contributed by atoms with E-state index < -0.39 is 0 Å². The van der Waals surface area contributed by atoms with Crippen LogP contribution in [0.1, 0.15) is 58.9 Å². The van der Waals surface area contributed by atoms with E-state index in [1.807, 2.05) is 18.2 Å². The maximum Gasteiger partial charge on any atom is 0.262 e. The Bertz CT molecular complexity index is 875. The van der Waals surface area contributed by atoms with Crippen LogP contribution in [0.25, 0.3) is 0 Å². The standard InChI is InChI=1S/C24H31BrN2O3/c1-5-6-7-11-22(28)26-18-9-8-10-19(15-18)27-23(29)16-30-21-13-12-17(14-20(21)25)24(2,3)4/h8-10,12-15H,5-7,11,16H2,1-4H3,(H,26,28)(H,27,29). The van der Waals surface area contributed by atoms with Gasteiger partial charge in [-0.2, -0.15) is 0 Å². The van der Waals surface area contributed by atoms with Crippen LogP contribution in [0.4, 0.5) is 11.4 Å². The Morgan fingerprint density at radius 2 is 1.63 bits per heavy atom. The highest BCUT2D eigenvalue weighted by molar-refractivity contribution is 9.10. The van der Waals surface area contributed by atoms with Crippen LogP contribution < -0.4 is 15.4 Å². The summed E-state index contributed by atoms with van der Waals surface area (Å²) in [5.41, 5.74) is 2.49. The molecule has 2 rings (SSSR count). The molecule has 0 aliphatic rings. The minimum Gasteiger partial charge on any atom is -0.483 e. The van der Waals surface area contributed by atoms with Crippen LogP contribution in [-0.2, 0) is 15.0 Å². The predicted octanol–water partition coefficient (Wildman–Crippen LogP) is 6.28. The van der Waals surface area contributed by atoms with E-state index in [9.17, 15) is 9.59 Å². The van der Waals surface area contributed by atoms with Crippen LogP contribution in [0, 0.1) is 0 Å². The number of hydrogen-bond donors (Lipinski definition) is 2. The lowest BCUT2D eigenvalue weighted by Crippen LogP contribution is -2.20. The molecule has 0 saturated carbocycles. The lowest BCUT2D eigenvalue weighted by molar-refractivity contribution is -0.118. The Kier molecular flexibility index (Phi) is 8.90. The summed E-state index contributed by atoms with van der Waals surface area (Å²) in [4.78, 5) is 24.3. The van der Waals surface area contributed by atoms with Crippen molar-refractivity contribution >= 4 is 39.1 Å². The second-order valence-corrected chi connectivity index (χ2v) is 9.17. The molecular formula is C24H31BrN2O3. The topological polar surface area (TPSA) is 67.4 Å². The molecule has 5 nitrogen and oxygen atoms in total. The van der Waals surface area contributed by atoms with Crippen LogP contribution in [0.5, 0.6) is 5.75 Å². The molecule has 2 amide bonds. The van der Waals surface area contributed by atoms with Gasteiger partial charge in [-0.15, -0.1) is 0 Å². The summed E-state index contributed by atoms with van der Waals surface area (Å²) in [6.07, 6.45) is 3.50. The first-order chi connectivity index (χ1) is 14.2. The first kappa shape index (κ1) is 23.9. The van der Waals surface area contributed by atoms with E-state index in [-0.39, 0.29) is 23.8 Å². The predicted molar refractivity (Wildman–Crippen MR) is 126 cm³/mol. The SMILES string of the molecule is CCCCCC(=O)Nc1cccc(NC(=O)COc2ccc(C(C)(C)C)cc2Br)c1. The normalized spacial score (nSPS) is 11.1. The molecule has 0 aliphatic carbocycles. The van der Waals surface area contributed by atoms with Crippen LogP contribution in [0.15, 0.2) is 46.9 Å². The number of amides is 2. The Labute approximate surface area is 187 Å². The Hall–Kier alpha value is -2.34. The zero-order valence-electron chi connectivity index (χ0n) is 18.2. The largest absolute Gasteiger partial charge is 0.483 e. The molecule has 0 spiro atoms. The number of hydrogen-bond acceptors (Lipinski definition) is 3. The van der Waals surface area contributed by atoms with Crippen molar-refractivity contribution in [1.29, 1.82) is 0 Å². The van der Waals surface area contributed by atoms with Gasteiger partial charge in [0.2, 0.25) is 5.91 Å². The fraction of sp³-hybridized carbons (Fsp3) is 0.417. The van der Waals surface area contributed by atoms with E-state index >= 15 is 0 Å². The lowest BCUT2D eigenvalue weighted by Gasteiger charge is -2.20. The van der Waals surface area contributed by atoms with Crippen LogP contribution in [0.3, 0.4) is 0 Å². The maximum absolute atomic E-state index is 12.3. The Morgan fingerprint density at radius 1 is 0.967 bits per heavy atom. The van der Waals surface area contributed by atoms with Crippen molar-refractivity contribution < 1.29 is 14.3 Å². The van der Waals surface area contributed by atoms with Crippen molar-refractivity contribution in [1.82, 2.24) is 0 Å². The van der Waals surface area contributed by atoms with E-state index in [0.29, 0.717) is 23.5 Å². The number of ether oxygens (including phenoxy) is 1. The van der Waals surface area contributed by atoms with Gasteiger partial charge in [-0.05, 0) is 63.7 Å². The van der Waals surface area contributed by atoms with Crippen LogP contribution >= 0.6 is 15.9 Å². The van der Waals surface area contributed by atoms with Crippen molar-refractivity contribution in [2.45, 2.75) is 58.8 Å². The molecule has 0 heterocycles. The fourth-order valence-electron chi connectivity index (χ4n) is 2.86. The third kappa shape index (κ3) is 7.82. The van der Waals surface area contributed by atoms with Gasteiger partial charge in [0, 0.05) is 17.8 Å². The molecule has 0 atom stereocenters. The first-order valence-electron chi connectivity index (χ1n) is 10.3. The van der Waals surface area contributed by atoms with Crippen molar-refractivity contribution in [2.24, 2.45) is 0 Å². The summed E-state index contributed by atoms with van der Waals surface area (Å²) < 4.78 is 6.47. The second kappa shape index (κ2) is 11.2. The molecule has 2 aromatic rings. The minimum atomic E-state index is -0.270. The molecule has 162 valence electrons. The summed E-state index contributed by atoms with van der Waals surface area (Å²) >= 11 is 3.51. The number of carbonyl (C=O) groups is 2. The molecule has 30 heavy (non-hydrogen) atoms. The molecule has 0 unspecified atom stereocenters. The van der Waals surface area contributed by atoms with Crippen molar-refractivity contribution in [3.63, 3.8) is 0 Å². The van der Waals surface area contributed by atoms with E-state index in [2.05, 4.69) is 54.3 Å². The number of anilines is 2. The molecule has 6 heteroatoms. The van der Waals surface area contributed by atoms with E-state index in [4.69, 9.17) is 4.74 Å². The monoisotopic (exact) mass is 474 g/mol. The number of unbranched alkanes of at least 4 members (excludes halogenated alkanes) is 2. The van der Waals surface area contributed by atoms with Gasteiger partial charge in [-0.1, -0.05) is 52.7 Å². The highest BCUT2D eigenvalue weighted by Gasteiger charge is 2.15. The highest BCUT2D eigenvalue weighted by Crippen LogP contribution is 2.31. The van der Waals surface area contributed by atoms with Gasteiger partial charge in [0.1, 0.15) is 5.75 Å². The highest BCUT2D eigenvalue weighted by atomic mass is 79.9. The molecule has 0 aromatic heterocycles. The molecular weight excluding hydrogens is 444 g/mol. The minimum absolute atomic E-state index is 0.0150. The van der Waals surface area contributed by atoms with Gasteiger partial charge in [0.05, 0.1) is 4.47 Å². The van der Waals surface area contributed by atoms with Gasteiger partial charge in [0.15, 0.2) is 6.61 Å². The van der Waals surface area contributed by atoms with E-state index in [1.165, 1.54) is 5.56 Å². The third-order valence-corrected chi connectivity index (χ3v) is 5.21. The van der Waals surface area contributed by atoms with Crippen LogP contribution in [-0.4, -0.2) is 18.4 Å². The number of rotatable bonds is 9. The van der Waals surface area contributed by atoms with Crippen LogP contribution in [0.2, 0.25) is 0 Å². The smallest absolute Gasteiger partial charge is 0.262 e. The second-order valence-electron chi connectivity index (χ2n) is 8.32. The summed E-state index contributed by atoms with van der Waals surface area (Å²) in [6.45, 7) is 8.42. The van der Waals surface area contributed by atoms with Crippen molar-refractivity contribution in [2.75, 3.05) is 17.2 Å². The summed E-state index contributed by atoms with van der Waals surface area (Å²) in [7, 11) is 0. The third-order valence-electron chi connectivity index (χ3n) is 4.59. The van der Waals surface area contributed by atoms with Gasteiger partial charge in [-0.3, -0.25) is 9.59 Å². The molecule has 0 saturated heterocycles. The molecule has 0 bridgehead atoms. The zero-order chi connectivity index (χ0) is 22.1. The summed E-state index contributed by atoms with van der Waals surface area (Å²) in [6, 6.07) is 13.0. The van der Waals surface area contributed by atoms with Crippen molar-refractivity contribution in [3.8, 4) is 5.75 Å². The molecule has 2 N–H and O–H groups in total. The quantitative estimate of drug-likeness (QED) is 0.420. The first-order valence-corrected chi connectivity index (χ1v) is 11.1.